The van der Waals surface area contributed by atoms with Crippen LogP contribution in [0.15, 0.2) is 94.9 Å². The fourth-order valence-corrected chi connectivity index (χ4v) is 6.05. The van der Waals surface area contributed by atoms with Crippen LogP contribution in [0.2, 0.25) is 0 Å². The van der Waals surface area contributed by atoms with Crippen molar-refractivity contribution in [2.24, 2.45) is 5.10 Å². The van der Waals surface area contributed by atoms with Gasteiger partial charge >= 0.3 is 6.18 Å². The van der Waals surface area contributed by atoms with Gasteiger partial charge in [0.1, 0.15) is 11.6 Å². The molecule has 1 unspecified atom stereocenters. The lowest BCUT2D eigenvalue weighted by Crippen LogP contribution is -2.45. The number of anilines is 3. The van der Waals surface area contributed by atoms with E-state index in [1.807, 2.05) is 6.92 Å². The Morgan fingerprint density at radius 2 is 1.65 bits per heavy atom. The highest BCUT2D eigenvalue weighted by atomic mass is 32.2. The zero-order valence-corrected chi connectivity index (χ0v) is 24.9. The maximum absolute atomic E-state index is 13.5. The lowest BCUT2D eigenvalue weighted by Gasteiger charge is -2.31. The van der Waals surface area contributed by atoms with Crippen LogP contribution in [-0.2, 0) is 21.0 Å². The van der Waals surface area contributed by atoms with E-state index in [0.29, 0.717) is 22.2 Å². The van der Waals surface area contributed by atoms with Crippen molar-refractivity contribution in [3.8, 4) is 0 Å². The van der Waals surface area contributed by atoms with Crippen LogP contribution in [0.3, 0.4) is 0 Å². The molecule has 0 radical (unpaired) electrons. The smallest absolute Gasteiger partial charge is 0.279 e. The number of carbonyl (C=O) groups is 2. The summed E-state index contributed by atoms with van der Waals surface area (Å²) in [6, 6.07) is 17.9. The number of hydrazone groups is 1. The highest BCUT2D eigenvalue weighted by Gasteiger charge is 2.40. The maximum Gasteiger partial charge on any atom is 0.416 e. The first-order valence-corrected chi connectivity index (χ1v) is 15.0. The van der Waals surface area contributed by atoms with Crippen LogP contribution in [-0.4, -0.2) is 31.4 Å². The summed E-state index contributed by atoms with van der Waals surface area (Å²) in [5.41, 5.74) is 2.37. The van der Waals surface area contributed by atoms with Gasteiger partial charge in [0.25, 0.3) is 21.6 Å². The first-order chi connectivity index (χ1) is 21.7. The third-order valence-electron chi connectivity index (χ3n) is 7.16. The number of hydrogen-bond acceptors (Lipinski definition) is 8. The summed E-state index contributed by atoms with van der Waals surface area (Å²) < 4.78 is 68.6. The molecular weight excluding hydrogens is 627 g/mol. The third kappa shape index (κ3) is 6.30. The number of halogens is 3. The third-order valence-corrected chi connectivity index (χ3v) is 8.52. The van der Waals surface area contributed by atoms with Crippen molar-refractivity contribution in [2.45, 2.75) is 30.8 Å². The van der Waals surface area contributed by atoms with Crippen molar-refractivity contribution in [2.75, 3.05) is 15.0 Å². The number of nitrogens with one attached hydrogen (secondary N) is 2. The van der Waals surface area contributed by atoms with E-state index < -0.39 is 50.1 Å². The van der Waals surface area contributed by atoms with E-state index in [9.17, 15) is 41.3 Å². The fourth-order valence-electron chi connectivity index (χ4n) is 4.90. The minimum absolute atomic E-state index is 0.0489. The molecule has 0 aromatic heterocycles. The Morgan fingerprint density at radius 1 is 0.935 bits per heavy atom. The van der Waals surface area contributed by atoms with Crippen LogP contribution in [0.25, 0.3) is 0 Å². The molecule has 1 aliphatic rings. The Bertz CT molecular complexity index is 2030. The maximum atomic E-state index is 13.5. The average molecular weight is 652 g/mol. The molecule has 0 aliphatic carbocycles. The van der Waals surface area contributed by atoms with Crippen molar-refractivity contribution in [1.82, 2.24) is 0 Å². The molecule has 4 aromatic rings. The van der Waals surface area contributed by atoms with Gasteiger partial charge in [-0.25, -0.2) is 13.3 Å². The molecule has 0 saturated carbocycles. The second-order valence-corrected chi connectivity index (χ2v) is 12.0. The molecule has 2 N–H and O–H groups in total. The van der Waals surface area contributed by atoms with Gasteiger partial charge in [0.05, 0.1) is 26.8 Å². The second-order valence-electron chi connectivity index (χ2n) is 10.3. The topological polar surface area (TPSA) is 151 Å². The Morgan fingerprint density at radius 3 is 2.35 bits per heavy atom. The zero-order chi connectivity index (χ0) is 33.4. The van der Waals surface area contributed by atoms with Gasteiger partial charge in [-0.2, -0.15) is 18.3 Å². The second kappa shape index (κ2) is 12.1. The number of nitrogens with zero attached hydrogens (tertiary/aromatic N) is 3. The summed E-state index contributed by atoms with van der Waals surface area (Å²) in [6.45, 7) is 3.56. The Labute approximate surface area is 260 Å². The largest absolute Gasteiger partial charge is 0.416 e. The van der Waals surface area contributed by atoms with Gasteiger partial charge in [0.15, 0.2) is 0 Å². The summed E-state index contributed by atoms with van der Waals surface area (Å²) in [6.07, 6.45) is -3.66. The molecule has 1 atom stereocenters. The monoisotopic (exact) mass is 651 g/mol. The van der Waals surface area contributed by atoms with Gasteiger partial charge in [0.2, 0.25) is 5.91 Å². The number of nitro groups is 1. The van der Waals surface area contributed by atoms with Crippen LogP contribution in [0.1, 0.15) is 38.5 Å². The van der Waals surface area contributed by atoms with Crippen LogP contribution < -0.4 is 15.0 Å². The number of nitro benzene ring substituents is 1. The fraction of sp³-hybridized carbons (Fsp3) is 0.129. The van der Waals surface area contributed by atoms with E-state index in [1.54, 1.807) is 31.2 Å². The van der Waals surface area contributed by atoms with E-state index in [2.05, 4.69) is 15.2 Å². The molecule has 236 valence electrons. The molecule has 4 aromatic carbocycles. The zero-order valence-electron chi connectivity index (χ0n) is 24.1. The number of alkyl halides is 3. The predicted molar refractivity (Wildman–Crippen MR) is 164 cm³/mol. The van der Waals surface area contributed by atoms with E-state index in [4.69, 9.17) is 0 Å². The van der Waals surface area contributed by atoms with Crippen molar-refractivity contribution < 1.29 is 36.1 Å². The van der Waals surface area contributed by atoms with Gasteiger partial charge in [-0.1, -0.05) is 42.0 Å². The van der Waals surface area contributed by atoms with E-state index in [1.165, 1.54) is 24.3 Å². The molecule has 0 bridgehead atoms. The standard InChI is InChI=1S/C31H24F3N5O6S/c1-18-10-12-26(19(2)14-18)37-46(44,45)22-11-13-27(28(16-22)39(42)43)36-35-17-25-23-8-3-4-9-24(23)29(40)38(30(25)41)21-7-5-6-20(15-21)31(32,33)34/h3-17,25,36-37H,1-2H3. The van der Waals surface area contributed by atoms with Gasteiger partial charge in [-0.3, -0.25) is 29.9 Å². The number of aryl methyl sites for hydroxylation is 2. The molecular formula is C31H24F3N5O6S. The Balaban J connectivity index is 1.44. The number of fused-ring (bicyclic) bond motifs is 1. The van der Waals surface area contributed by atoms with Crippen LogP contribution in [0.4, 0.5) is 35.9 Å². The molecule has 2 amide bonds. The lowest BCUT2D eigenvalue weighted by atomic mass is 9.89. The number of sulfonamides is 1. The molecule has 15 heteroatoms. The molecule has 11 nitrogen and oxygen atoms in total. The van der Waals surface area contributed by atoms with Gasteiger partial charge in [-0.15, -0.1) is 0 Å². The summed E-state index contributed by atoms with van der Waals surface area (Å²) in [7, 11) is -4.22. The Kier molecular flexibility index (Phi) is 8.36. The van der Waals surface area contributed by atoms with Crippen LogP contribution in [0.5, 0.6) is 0 Å². The summed E-state index contributed by atoms with van der Waals surface area (Å²) >= 11 is 0. The number of carbonyl (C=O) groups excluding carboxylic acids is 2. The molecule has 5 rings (SSSR count). The summed E-state index contributed by atoms with van der Waals surface area (Å²) in [5.74, 6) is -3.00. The average Bonchev–Trinajstić information content (AvgIpc) is 3.00. The first kappa shape index (κ1) is 31.8. The van der Waals surface area contributed by atoms with E-state index in [-0.39, 0.29) is 27.4 Å². The van der Waals surface area contributed by atoms with Crippen molar-refractivity contribution >= 4 is 50.8 Å². The lowest BCUT2D eigenvalue weighted by molar-refractivity contribution is -0.384. The van der Waals surface area contributed by atoms with Crippen LogP contribution in [0, 0.1) is 24.0 Å². The summed E-state index contributed by atoms with van der Waals surface area (Å²) in [5, 5.41) is 15.8. The molecule has 1 aliphatic heterocycles. The molecule has 46 heavy (non-hydrogen) atoms. The predicted octanol–water partition coefficient (Wildman–Crippen LogP) is 6.40. The first-order valence-electron chi connectivity index (χ1n) is 13.5. The van der Waals surface area contributed by atoms with Crippen molar-refractivity contribution in [1.29, 1.82) is 0 Å². The SMILES string of the molecule is Cc1ccc(NS(=O)(=O)c2ccc(NN=CC3C(=O)N(c4cccc(C(F)(F)F)c4)C(=O)c4ccccc43)c([N+](=O)[O-])c2)c(C)c1. The minimum atomic E-state index is -4.72. The minimum Gasteiger partial charge on any atom is -0.279 e. The van der Waals surface area contributed by atoms with Gasteiger partial charge < -0.3 is 0 Å². The Hall–Kier alpha value is -5.57. The van der Waals surface area contributed by atoms with Gasteiger partial charge in [-0.05, 0) is 67.4 Å². The van der Waals surface area contributed by atoms with Crippen molar-refractivity contribution in [3.63, 3.8) is 0 Å². The molecule has 1 heterocycles. The quantitative estimate of drug-likeness (QED) is 0.0968. The number of benzene rings is 4. The number of rotatable bonds is 8. The summed E-state index contributed by atoms with van der Waals surface area (Å²) in [4.78, 5) is 38.1. The molecule has 0 spiro atoms. The molecule has 0 fully saturated rings. The number of amides is 2. The highest BCUT2D eigenvalue weighted by molar-refractivity contribution is 7.92. The number of imide groups is 1. The normalized spacial score (nSPS) is 15.2. The van der Waals surface area contributed by atoms with Gasteiger partial charge in [0, 0.05) is 17.8 Å². The van der Waals surface area contributed by atoms with E-state index >= 15 is 0 Å². The number of hydrogen-bond donors (Lipinski definition) is 2. The molecule has 0 saturated heterocycles. The van der Waals surface area contributed by atoms with Crippen molar-refractivity contribution in [3.05, 3.63) is 123 Å². The van der Waals surface area contributed by atoms with Crippen LogP contribution >= 0.6 is 0 Å². The highest BCUT2D eigenvalue weighted by Crippen LogP contribution is 2.36. The van der Waals surface area contributed by atoms with E-state index in [0.717, 1.165) is 42.1 Å².